The zero-order valence-corrected chi connectivity index (χ0v) is 24.3. The van der Waals surface area contributed by atoms with Crippen molar-refractivity contribution in [2.45, 2.75) is 149 Å². The Hall–Kier alpha value is -0.870. The summed E-state index contributed by atoms with van der Waals surface area (Å²) in [5.74, 6) is -0.398. The van der Waals surface area contributed by atoms with Gasteiger partial charge in [-0.3, -0.25) is 0 Å². The molecule has 35 heavy (non-hydrogen) atoms. The highest BCUT2D eigenvalue weighted by molar-refractivity contribution is 5.86. The second-order valence-corrected chi connectivity index (χ2v) is 11.0. The second kappa shape index (κ2) is 23.5. The van der Waals surface area contributed by atoms with Crippen LogP contribution < -0.4 is 0 Å². The van der Waals surface area contributed by atoms with Crippen LogP contribution in [0.3, 0.4) is 0 Å². The molecule has 0 saturated carbocycles. The van der Waals surface area contributed by atoms with E-state index in [0.29, 0.717) is 12.1 Å². The summed E-state index contributed by atoms with van der Waals surface area (Å²) >= 11 is 0. The Kier molecular flexibility index (Phi) is 22.9. The molecule has 0 aliphatic carbocycles. The quantitative estimate of drug-likeness (QED) is 0.0566. The Morgan fingerprint density at radius 1 is 0.686 bits per heavy atom. The molecule has 0 amide bonds. The number of carbonyl (C=O) groups is 1. The second-order valence-electron chi connectivity index (χ2n) is 11.0. The van der Waals surface area contributed by atoms with Crippen LogP contribution in [0.15, 0.2) is 12.2 Å². The number of nitrogens with zero attached hydrogens (tertiary/aromatic N) is 1. The van der Waals surface area contributed by atoms with Crippen molar-refractivity contribution >= 4 is 5.97 Å². The first kappa shape index (κ1) is 34.1. The van der Waals surface area contributed by atoms with Gasteiger partial charge in [-0.2, -0.15) is 0 Å². The van der Waals surface area contributed by atoms with E-state index in [9.17, 15) is 9.90 Å². The third-order valence-electron chi connectivity index (χ3n) is 7.31. The molecule has 0 radical (unpaired) electrons. The molecular formula is C31H62NO3+. The number of quaternary nitrogens is 1. The Morgan fingerprint density at radius 2 is 1.03 bits per heavy atom. The molecule has 0 aromatic carbocycles. The molecule has 4 nitrogen and oxygen atoms in total. The van der Waals surface area contributed by atoms with Gasteiger partial charge in [-0.05, 0) is 45.4 Å². The lowest BCUT2D eigenvalue weighted by Gasteiger charge is -2.40. The fraction of sp³-hybridized carbons (Fsp3) is 0.903. The van der Waals surface area contributed by atoms with Gasteiger partial charge >= 0.3 is 5.97 Å². The number of hydrogen-bond donors (Lipinski definition) is 1. The molecule has 4 heteroatoms. The molecule has 0 heterocycles. The molecule has 0 rings (SSSR count). The zero-order chi connectivity index (χ0) is 26.2. The lowest BCUT2D eigenvalue weighted by molar-refractivity contribution is -0.931. The highest BCUT2D eigenvalue weighted by atomic mass is 16.5. The molecule has 1 unspecified atom stereocenters. The largest absolute Gasteiger partial charge is 0.459 e. The summed E-state index contributed by atoms with van der Waals surface area (Å²) in [6.07, 6.45) is 22.8. The third-order valence-corrected chi connectivity index (χ3v) is 7.31. The van der Waals surface area contributed by atoms with Crippen LogP contribution in [0.5, 0.6) is 0 Å². The van der Waals surface area contributed by atoms with Crippen LogP contribution in [0, 0.1) is 0 Å². The van der Waals surface area contributed by atoms with Crippen molar-refractivity contribution in [1.29, 1.82) is 0 Å². The van der Waals surface area contributed by atoms with Crippen LogP contribution in [0.4, 0.5) is 0 Å². The molecule has 1 N–H and O–H groups in total. The molecule has 0 spiro atoms. The predicted octanol–water partition coefficient (Wildman–Crippen LogP) is 8.36. The van der Waals surface area contributed by atoms with Gasteiger partial charge in [0.25, 0.3) is 0 Å². The molecule has 0 aromatic heterocycles. The number of unbranched alkanes of at least 4 members (excludes halogenated alkanes) is 15. The van der Waals surface area contributed by atoms with Gasteiger partial charge in [0.05, 0.1) is 19.6 Å². The average molecular weight is 497 g/mol. The molecule has 208 valence electrons. The summed E-state index contributed by atoms with van der Waals surface area (Å²) < 4.78 is 6.31. The van der Waals surface area contributed by atoms with Gasteiger partial charge in [0.15, 0.2) is 0 Å². The van der Waals surface area contributed by atoms with Gasteiger partial charge < -0.3 is 14.3 Å². The zero-order valence-electron chi connectivity index (χ0n) is 24.3. The van der Waals surface area contributed by atoms with E-state index in [1.54, 1.807) is 6.92 Å². The van der Waals surface area contributed by atoms with Crippen molar-refractivity contribution in [3.05, 3.63) is 12.2 Å². The maximum absolute atomic E-state index is 11.9. The van der Waals surface area contributed by atoms with E-state index >= 15 is 0 Å². The molecule has 0 saturated heterocycles. The van der Waals surface area contributed by atoms with E-state index in [1.165, 1.54) is 116 Å². The van der Waals surface area contributed by atoms with Gasteiger partial charge in [0.1, 0.15) is 19.3 Å². The van der Waals surface area contributed by atoms with Gasteiger partial charge in [-0.15, -0.1) is 0 Å². The fourth-order valence-electron chi connectivity index (χ4n) is 5.09. The topological polar surface area (TPSA) is 46.5 Å². The molecule has 0 bridgehead atoms. The lowest BCUT2D eigenvalue weighted by atomic mass is 10.1. The third kappa shape index (κ3) is 19.9. The van der Waals surface area contributed by atoms with Crippen LogP contribution in [0.2, 0.25) is 0 Å². The number of rotatable bonds is 26. The summed E-state index contributed by atoms with van der Waals surface area (Å²) in [4.78, 5) is 11.9. The van der Waals surface area contributed by atoms with Crippen molar-refractivity contribution in [1.82, 2.24) is 0 Å². The van der Waals surface area contributed by atoms with Crippen molar-refractivity contribution < 1.29 is 19.1 Å². The van der Waals surface area contributed by atoms with E-state index < -0.39 is 12.1 Å². The van der Waals surface area contributed by atoms with Crippen LogP contribution in [-0.2, 0) is 9.53 Å². The van der Waals surface area contributed by atoms with Crippen LogP contribution in [0.1, 0.15) is 143 Å². The van der Waals surface area contributed by atoms with E-state index in [1.807, 2.05) is 0 Å². The van der Waals surface area contributed by atoms with Crippen molar-refractivity contribution in [2.75, 3.05) is 32.8 Å². The molecule has 0 fully saturated rings. The summed E-state index contributed by atoms with van der Waals surface area (Å²) in [5, 5.41) is 10.9. The molecule has 0 aromatic rings. The van der Waals surface area contributed by atoms with E-state index in [-0.39, 0.29) is 6.61 Å². The van der Waals surface area contributed by atoms with Crippen LogP contribution in [0.25, 0.3) is 0 Å². The highest BCUT2D eigenvalue weighted by Crippen LogP contribution is 2.20. The minimum atomic E-state index is -0.612. The Balaban J connectivity index is 5.10. The van der Waals surface area contributed by atoms with E-state index in [0.717, 1.165) is 24.1 Å². The first-order chi connectivity index (χ1) is 16.9. The predicted molar refractivity (Wildman–Crippen MR) is 152 cm³/mol. The number of ether oxygens (including phenoxy) is 1. The maximum atomic E-state index is 11.9. The Labute approximate surface area is 219 Å². The normalized spacial score (nSPS) is 12.6. The van der Waals surface area contributed by atoms with Crippen LogP contribution >= 0.6 is 0 Å². The number of aliphatic hydroxyl groups excluding tert-OH is 1. The minimum Gasteiger partial charge on any atom is -0.459 e. The Morgan fingerprint density at radius 3 is 1.37 bits per heavy atom. The average Bonchev–Trinajstić information content (AvgIpc) is 2.84. The SMILES string of the molecule is C=C(C)C(=O)OCC(O)C[N+](CCCCCCCC)(CCCCCCCC)CCCCCCCC. The smallest absolute Gasteiger partial charge is 0.333 e. The fourth-order valence-corrected chi connectivity index (χ4v) is 5.09. The standard InChI is InChI=1S/C31H62NO3/c1-6-9-12-15-18-21-24-32(25-22-19-16-13-10-7-2,26-23-20-17-14-11-8-3)27-30(33)28-35-31(34)29(4)5/h30,33H,4,6-28H2,1-3,5H3/q+1. The first-order valence-electron chi connectivity index (χ1n) is 15.3. The number of carbonyl (C=O) groups excluding carboxylic acids is 1. The maximum Gasteiger partial charge on any atom is 0.333 e. The van der Waals surface area contributed by atoms with Gasteiger partial charge in [0, 0.05) is 5.57 Å². The van der Waals surface area contributed by atoms with Gasteiger partial charge in [0.2, 0.25) is 0 Å². The minimum absolute atomic E-state index is 0.0786. The van der Waals surface area contributed by atoms with Crippen LogP contribution in [-0.4, -0.2) is 54.4 Å². The number of esters is 1. The van der Waals surface area contributed by atoms with Crippen molar-refractivity contribution in [3.8, 4) is 0 Å². The molecular weight excluding hydrogens is 434 g/mol. The monoisotopic (exact) mass is 496 g/mol. The van der Waals surface area contributed by atoms with Gasteiger partial charge in [-0.25, -0.2) is 4.79 Å². The Bertz CT molecular complexity index is 465. The molecule has 0 aliphatic heterocycles. The van der Waals surface area contributed by atoms with Gasteiger partial charge in [-0.1, -0.05) is 104 Å². The van der Waals surface area contributed by atoms with E-state index in [4.69, 9.17) is 4.74 Å². The van der Waals surface area contributed by atoms with Crippen molar-refractivity contribution in [2.24, 2.45) is 0 Å². The summed E-state index contributed by atoms with van der Waals surface area (Å²) in [5.41, 5.74) is 0.393. The number of hydrogen-bond acceptors (Lipinski definition) is 3. The number of aliphatic hydroxyl groups is 1. The molecule has 1 atom stereocenters. The van der Waals surface area contributed by atoms with E-state index in [2.05, 4.69) is 27.4 Å². The van der Waals surface area contributed by atoms with Crippen molar-refractivity contribution in [3.63, 3.8) is 0 Å². The summed E-state index contributed by atoms with van der Waals surface area (Å²) in [6.45, 7) is 16.3. The summed E-state index contributed by atoms with van der Waals surface area (Å²) in [6, 6.07) is 0. The first-order valence-corrected chi connectivity index (χ1v) is 15.3. The highest BCUT2D eigenvalue weighted by Gasteiger charge is 2.30. The molecule has 0 aliphatic rings. The summed E-state index contributed by atoms with van der Waals surface area (Å²) in [7, 11) is 0. The lowest BCUT2D eigenvalue weighted by Crippen LogP contribution is -2.54.